The number of anilines is 1. The first-order chi connectivity index (χ1) is 12.7. The third-order valence-electron chi connectivity index (χ3n) is 4.72. The highest BCUT2D eigenvalue weighted by atomic mass is 32.1. The molecule has 2 N–H and O–H groups in total. The summed E-state index contributed by atoms with van der Waals surface area (Å²) in [5.41, 5.74) is 6.19. The fourth-order valence-electron chi connectivity index (χ4n) is 3.32. The molecule has 0 saturated heterocycles. The van der Waals surface area contributed by atoms with E-state index in [4.69, 9.17) is 12.2 Å². The molecule has 1 aliphatic carbocycles. The Morgan fingerprint density at radius 3 is 2.81 bits per heavy atom. The maximum Gasteiger partial charge on any atom is 0.281 e. The van der Waals surface area contributed by atoms with Gasteiger partial charge in [0.1, 0.15) is 11.2 Å². The summed E-state index contributed by atoms with van der Waals surface area (Å²) in [6.07, 6.45) is 6.85. The van der Waals surface area contributed by atoms with Crippen LogP contribution in [0.2, 0.25) is 0 Å². The molecule has 2 heterocycles. The van der Waals surface area contributed by atoms with Gasteiger partial charge in [0, 0.05) is 10.6 Å². The number of nitrogens with zero attached hydrogens (tertiary/aromatic N) is 2. The van der Waals surface area contributed by atoms with Crippen molar-refractivity contribution >= 4 is 44.6 Å². The lowest BCUT2D eigenvalue weighted by atomic mass is 9.97. The van der Waals surface area contributed by atoms with Gasteiger partial charge in [0.25, 0.3) is 5.56 Å². The van der Waals surface area contributed by atoms with Crippen LogP contribution in [0, 0.1) is 0 Å². The molecule has 1 aromatic carbocycles. The molecular weight excluding hydrogens is 364 g/mol. The summed E-state index contributed by atoms with van der Waals surface area (Å²) in [5.74, 6) is 0. The second-order valence-electron chi connectivity index (χ2n) is 6.43. The van der Waals surface area contributed by atoms with Gasteiger partial charge >= 0.3 is 0 Å². The predicted molar refractivity (Wildman–Crippen MR) is 112 cm³/mol. The van der Waals surface area contributed by atoms with Crippen molar-refractivity contribution in [1.82, 2.24) is 9.66 Å². The van der Waals surface area contributed by atoms with Crippen LogP contribution in [-0.2, 0) is 19.3 Å². The summed E-state index contributed by atoms with van der Waals surface area (Å²) in [5, 5.41) is 4.22. The maximum atomic E-state index is 12.9. The highest BCUT2D eigenvalue weighted by Gasteiger charge is 2.20. The van der Waals surface area contributed by atoms with Crippen LogP contribution in [0.3, 0.4) is 0 Å². The van der Waals surface area contributed by atoms with Gasteiger partial charge in [-0.05, 0) is 67.6 Å². The van der Waals surface area contributed by atoms with Gasteiger partial charge in [-0.25, -0.2) is 9.66 Å². The van der Waals surface area contributed by atoms with E-state index in [1.165, 1.54) is 33.4 Å². The van der Waals surface area contributed by atoms with E-state index in [1.807, 2.05) is 12.1 Å². The number of aromatic nitrogens is 2. The average molecular weight is 385 g/mol. The Labute approximate surface area is 161 Å². The van der Waals surface area contributed by atoms with Gasteiger partial charge in [-0.15, -0.1) is 11.3 Å². The number of hydrogen-bond acceptors (Lipinski definition) is 4. The Balaban J connectivity index is 1.57. The molecule has 0 aliphatic heterocycles. The van der Waals surface area contributed by atoms with Crippen molar-refractivity contribution in [2.45, 2.75) is 39.0 Å². The van der Waals surface area contributed by atoms with Crippen molar-refractivity contribution in [2.24, 2.45) is 0 Å². The first-order valence-electron chi connectivity index (χ1n) is 8.84. The third-order valence-corrected chi connectivity index (χ3v) is 6.11. The van der Waals surface area contributed by atoms with Gasteiger partial charge in [-0.3, -0.25) is 10.2 Å². The Morgan fingerprint density at radius 2 is 2.04 bits per heavy atom. The number of hydrogen-bond donors (Lipinski definition) is 2. The Kier molecular flexibility index (Phi) is 4.74. The van der Waals surface area contributed by atoms with Crippen LogP contribution in [0.5, 0.6) is 0 Å². The van der Waals surface area contributed by atoms with E-state index in [0.717, 1.165) is 41.6 Å². The van der Waals surface area contributed by atoms with E-state index in [1.54, 1.807) is 11.3 Å². The minimum atomic E-state index is -0.0834. The van der Waals surface area contributed by atoms with Crippen molar-refractivity contribution in [2.75, 3.05) is 10.7 Å². The molecule has 5 nitrogen and oxygen atoms in total. The van der Waals surface area contributed by atoms with Gasteiger partial charge in [0.15, 0.2) is 5.11 Å². The summed E-state index contributed by atoms with van der Waals surface area (Å²) in [6, 6.07) is 8.07. The quantitative estimate of drug-likeness (QED) is 0.672. The van der Waals surface area contributed by atoms with Crippen LogP contribution in [-0.4, -0.2) is 14.8 Å². The molecule has 0 radical (unpaired) electrons. The van der Waals surface area contributed by atoms with E-state index >= 15 is 0 Å². The fourth-order valence-corrected chi connectivity index (χ4v) is 4.75. The molecule has 0 spiro atoms. The van der Waals surface area contributed by atoms with E-state index in [0.29, 0.717) is 5.11 Å². The molecule has 7 heteroatoms. The smallest absolute Gasteiger partial charge is 0.281 e. The number of aryl methyl sites for hydroxylation is 3. The second-order valence-corrected chi connectivity index (χ2v) is 7.92. The minimum absolute atomic E-state index is 0.0834. The molecule has 0 amide bonds. The molecule has 0 fully saturated rings. The number of rotatable bonds is 3. The Hall–Kier alpha value is -2.25. The van der Waals surface area contributed by atoms with Gasteiger partial charge in [0.05, 0.1) is 5.39 Å². The number of thiocarbonyl (C=S) groups is 1. The lowest BCUT2D eigenvalue weighted by Gasteiger charge is -2.13. The first kappa shape index (κ1) is 17.2. The largest absolute Gasteiger partial charge is 0.331 e. The summed E-state index contributed by atoms with van der Waals surface area (Å²) >= 11 is 7.00. The van der Waals surface area contributed by atoms with Crippen LogP contribution in [0.1, 0.15) is 35.8 Å². The number of fused-ring (bicyclic) bond motifs is 3. The topological polar surface area (TPSA) is 58.9 Å². The van der Waals surface area contributed by atoms with E-state index in [9.17, 15) is 4.79 Å². The third kappa shape index (κ3) is 3.24. The molecule has 0 unspecified atom stereocenters. The standard InChI is InChI=1S/C19H20N4OS2/c1-2-12-7-9-13(10-8-12)21-19(25)22-23-11-20-17-16(18(23)24)14-5-3-4-6-15(14)26-17/h7-11H,2-6H2,1H3,(H2,21,22,25). The Morgan fingerprint density at radius 1 is 1.27 bits per heavy atom. The lowest BCUT2D eigenvalue weighted by Crippen LogP contribution is -2.35. The van der Waals surface area contributed by atoms with Crippen LogP contribution >= 0.6 is 23.6 Å². The monoisotopic (exact) mass is 384 g/mol. The fraction of sp³-hybridized carbons (Fsp3) is 0.316. The van der Waals surface area contributed by atoms with Gasteiger partial charge in [-0.1, -0.05) is 19.1 Å². The molecule has 2 aromatic heterocycles. The minimum Gasteiger partial charge on any atom is -0.331 e. The van der Waals surface area contributed by atoms with Crippen molar-refractivity contribution in [3.05, 3.63) is 57.0 Å². The summed E-state index contributed by atoms with van der Waals surface area (Å²) in [7, 11) is 0. The summed E-state index contributed by atoms with van der Waals surface area (Å²) in [4.78, 5) is 19.5. The highest BCUT2D eigenvalue weighted by Crippen LogP contribution is 2.33. The molecule has 0 atom stereocenters. The van der Waals surface area contributed by atoms with Crippen molar-refractivity contribution in [3.63, 3.8) is 0 Å². The molecular formula is C19H20N4OS2. The van der Waals surface area contributed by atoms with Crippen LogP contribution in [0.15, 0.2) is 35.4 Å². The molecule has 134 valence electrons. The van der Waals surface area contributed by atoms with Gasteiger partial charge in [0.2, 0.25) is 0 Å². The molecule has 0 bridgehead atoms. The molecule has 4 rings (SSSR count). The van der Waals surface area contributed by atoms with E-state index in [2.05, 4.69) is 34.8 Å². The highest BCUT2D eigenvalue weighted by molar-refractivity contribution is 7.80. The normalized spacial score (nSPS) is 13.4. The van der Waals surface area contributed by atoms with Crippen molar-refractivity contribution in [1.29, 1.82) is 0 Å². The van der Waals surface area contributed by atoms with E-state index < -0.39 is 0 Å². The number of thiophene rings is 1. The van der Waals surface area contributed by atoms with Crippen LogP contribution < -0.4 is 16.3 Å². The Bertz CT molecular complexity index is 1020. The van der Waals surface area contributed by atoms with Crippen molar-refractivity contribution < 1.29 is 0 Å². The van der Waals surface area contributed by atoms with Crippen molar-refractivity contribution in [3.8, 4) is 0 Å². The van der Waals surface area contributed by atoms with E-state index in [-0.39, 0.29) is 5.56 Å². The summed E-state index contributed by atoms with van der Waals surface area (Å²) in [6.45, 7) is 2.12. The molecule has 26 heavy (non-hydrogen) atoms. The lowest BCUT2D eigenvalue weighted by molar-refractivity contribution is 0.699. The zero-order valence-electron chi connectivity index (χ0n) is 14.5. The zero-order valence-corrected chi connectivity index (χ0v) is 16.2. The summed E-state index contributed by atoms with van der Waals surface area (Å²) < 4.78 is 1.37. The second kappa shape index (κ2) is 7.17. The number of benzene rings is 1. The average Bonchev–Trinajstić information content (AvgIpc) is 3.04. The van der Waals surface area contributed by atoms with Gasteiger partial charge < -0.3 is 5.32 Å². The van der Waals surface area contributed by atoms with Gasteiger partial charge in [-0.2, -0.15) is 0 Å². The molecule has 0 saturated carbocycles. The number of nitrogens with one attached hydrogen (secondary N) is 2. The molecule has 1 aliphatic rings. The maximum absolute atomic E-state index is 12.9. The predicted octanol–water partition coefficient (Wildman–Crippen LogP) is 3.84. The van der Waals surface area contributed by atoms with Crippen LogP contribution in [0.25, 0.3) is 10.2 Å². The first-order valence-corrected chi connectivity index (χ1v) is 10.1. The zero-order chi connectivity index (χ0) is 18.1. The SMILES string of the molecule is CCc1ccc(NC(=S)Nn2cnc3sc4c(c3c2=O)CCCC4)cc1. The molecule has 3 aromatic rings. The van der Waals surface area contributed by atoms with Crippen LogP contribution in [0.4, 0.5) is 5.69 Å².